The molecule has 1 aromatic rings. The van der Waals surface area contributed by atoms with Gasteiger partial charge in [-0.3, -0.25) is 4.79 Å². The Kier molecular flexibility index (Phi) is 5.46. The molecule has 1 amide bonds. The Morgan fingerprint density at radius 3 is 2.70 bits per heavy atom. The number of sulfone groups is 1. The van der Waals surface area contributed by atoms with E-state index in [1.807, 2.05) is 24.3 Å². The first-order chi connectivity index (χ1) is 10.8. The lowest BCUT2D eigenvalue weighted by atomic mass is 10.2. The van der Waals surface area contributed by atoms with Crippen LogP contribution in [0.3, 0.4) is 0 Å². The molecule has 5 nitrogen and oxygen atoms in total. The van der Waals surface area contributed by atoms with Crippen molar-refractivity contribution in [1.82, 2.24) is 4.90 Å². The average Bonchev–Trinajstić information content (AvgIpc) is 3.28. The summed E-state index contributed by atoms with van der Waals surface area (Å²) >= 11 is 0. The quantitative estimate of drug-likeness (QED) is 0.715. The normalized spacial score (nSPS) is 16.3. The number of nitrogens with zero attached hydrogens (tertiary/aromatic N) is 1. The molecule has 1 unspecified atom stereocenters. The van der Waals surface area contributed by atoms with E-state index in [4.69, 9.17) is 4.74 Å². The zero-order valence-electron chi connectivity index (χ0n) is 13.7. The Morgan fingerprint density at radius 1 is 1.43 bits per heavy atom. The van der Waals surface area contributed by atoms with Gasteiger partial charge in [-0.15, -0.1) is 0 Å². The molecular weight excluding hydrogens is 314 g/mol. The van der Waals surface area contributed by atoms with Gasteiger partial charge in [0.05, 0.1) is 12.9 Å². The number of amides is 1. The molecule has 23 heavy (non-hydrogen) atoms. The SMILES string of the molecule is COc1cccc(C=CC(=O)N(C(C)CS(C)(=O)=O)C2CC2)c1. The van der Waals surface area contributed by atoms with Crippen LogP contribution in [0.25, 0.3) is 6.08 Å². The van der Waals surface area contributed by atoms with Gasteiger partial charge in [-0.2, -0.15) is 0 Å². The third kappa shape index (κ3) is 5.39. The second-order valence-corrected chi connectivity index (χ2v) is 8.21. The van der Waals surface area contributed by atoms with Crippen LogP contribution in [0, 0.1) is 0 Å². The number of benzene rings is 1. The zero-order chi connectivity index (χ0) is 17.0. The van der Waals surface area contributed by atoms with Gasteiger partial charge in [-0.25, -0.2) is 8.42 Å². The topological polar surface area (TPSA) is 63.7 Å². The Bertz CT molecular complexity index is 692. The number of hydrogen-bond acceptors (Lipinski definition) is 4. The van der Waals surface area contributed by atoms with Gasteiger partial charge in [0.2, 0.25) is 5.91 Å². The van der Waals surface area contributed by atoms with Crippen molar-refractivity contribution in [3.05, 3.63) is 35.9 Å². The first kappa shape index (κ1) is 17.5. The van der Waals surface area contributed by atoms with Crippen LogP contribution in [0.4, 0.5) is 0 Å². The number of hydrogen-bond donors (Lipinski definition) is 0. The van der Waals surface area contributed by atoms with E-state index in [-0.39, 0.29) is 23.7 Å². The molecule has 0 radical (unpaired) electrons. The number of rotatable bonds is 7. The molecule has 0 N–H and O–H groups in total. The highest BCUT2D eigenvalue weighted by molar-refractivity contribution is 7.90. The van der Waals surface area contributed by atoms with Crippen LogP contribution in [0.15, 0.2) is 30.3 Å². The van der Waals surface area contributed by atoms with Crippen LogP contribution in [-0.2, 0) is 14.6 Å². The Balaban J connectivity index is 2.10. The van der Waals surface area contributed by atoms with Gasteiger partial charge in [-0.05, 0) is 43.5 Å². The number of methoxy groups -OCH3 is 1. The van der Waals surface area contributed by atoms with Gasteiger partial charge in [0.1, 0.15) is 15.6 Å². The van der Waals surface area contributed by atoms with Gasteiger partial charge in [0, 0.05) is 24.4 Å². The maximum absolute atomic E-state index is 12.5. The van der Waals surface area contributed by atoms with E-state index in [1.54, 1.807) is 25.0 Å². The predicted octanol–water partition coefficient (Wildman–Crippen LogP) is 2.13. The number of ether oxygens (including phenoxy) is 1. The molecule has 1 saturated carbocycles. The van der Waals surface area contributed by atoms with E-state index in [9.17, 15) is 13.2 Å². The third-order valence-corrected chi connectivity index (χ3v) is 4.81. The van der Waals surface area contributed by atoms with Gasteiger partial charge < -0.3 is 9.64 Å². The molecule has 0 aromatic heterocycles. The molecule has 0 aliphatic heterocycles. The van der Waals surface area contributed by atoms with Crippen LogP contribution < -0.4 is 4.74 Å². The van der Waals surface area contributed by atoms with Crippen molar-refractivity contribution in [2.24, 2.45) is 0 Å². The van der Waals surface area contributed by atoms with Crippen molar-refractivity contribution in [1.29, 1.82) is 0 Å². The number of carbonyl (C=O) groups excluding carboxylic acids is 1. The molecule has 0 heterocycles. The maximum atomic E-state index is 12.5. The fraction of sp³-hybridized carbons (Fsp3) is 0.471. The molecule has 1 atom stereocenters. The molecular formula is C17H23NO4S. The van der Waals surface area contributed by atoms with Crippen LogP contribution in [0.2, 0.25) is 0 Å². The summed E-state index contributed by atoms with van der Waals surface area (Å²) in [6.07, 6.45) is 6.31. The second kappa shape index (κ2) is 7.17. The van der Waals surface area contributed by atoms with Crippen molar-refractivity contribution in [2.45, 2.75) is 31.8 Å². The Labute approximate surface area is 137 Å². The lowest BCUT2D eigenvalue weighted by Gasteiger charge is -2.27. The summed E-state index contributed by atoms with van der Waals surface area (Å²) in [5.74, 6) is 0.568. The van der Waals surface area contributed by atoms with Crippen molar-refractivity contribution in [2.75, 3.05) is 19.1 Å². The predicted molar refractivity (Wildman–Crippen MR) is 91.1 cm³/mol. The largest absolute Gasteiger partial charge is 0.497 e. The lowest BCUT2D eigenvalue weighted by Crippen LogP contribution is -2.43. The Hall–Kier alpha value is -1.82. The van der Waals surface area contributed by atoms with Gasteiger partial charge in [0.15, 0.2) is 0 Å². The highest BCUT2D eigenvalue weighted by Crippen LogP contribution is 2.29. The fourth-order valence-electron chi connectivity index (χ4n) is 2.63. The standard InChI is InChI=1S/C17H23NO4S/c1-13(12-23(3,20)21)18(15-8-9-15)17(19)10-7-14-5-4-6-16(11-14)22-2/h4-7,10-11,13,15H,8-9,12H2,1-3H3. The lowest BCUT2D eigenvalue weighted by molar-refractivity contribution is -0.128. The summed E-state index contributed by atoms with van der Waals surface area (Å²) in [6, 6.07) is 7.26. The molecule has 126 valence electrons. The van der Waals surface area contributed by atoms with Crippen LogP contribution >= 0.6 is 0 Å². The smallest absolute Gasteiger partial charge is 0.247 e. The van der Waals surface area contributed by atoms with E-state index in [0.717, 1.165) is 24.2 Å². The third-order valence-electron chi connectivity index (χ3n) is 3.73. The fourth-order valence-corrected chi connectivity index (χ4v) is 3.66. The van der Waals surface area contributed by atoms with Crippen LogP contribution in [0.1, 0.15) is 25.3 Å². The summed E-state index contributed by atoms with van der Waals surface area (Å²) in [5, 5.41) is 0. The summed E-state index contributed by atoms with van der Waals surface area (Å²) in [5.41, 5.74) is 0.865. The molecule has 0 saturated heterocycles. The van der Waals surface area contributed by atoms with E-state index in [2.05, 4.69) is 0 Å². The number of carbonyl (C=O) groups is 1. The van der Waals surface area contributed by atoms with Crippen LogP contribution in [-0.4, -0.2) is 50.4 Å². The second-order valence-electron chi connectivity index (χ2n) is 6.03. The van der Waals surface area contributed by atoms with E-state index in [0.29, 0.717) is 0 Å². The van der Waals surface area contributed by atoms with E-state index in [1.165, 1.54) is 12.3 Å². The van der Waals surface area contributed by atoms with Crippen molar-refractivity contribution in [3.8, 4) is 5.75 Å². The molecule has 1 fully saturated rings. The molecule has 1 aliphatic rings. The summed E-state index contributed by atoms with van der Waals surface area (Å²) in [6.45, 7) is 1.79. The molecule has 2 rings (SSSR count). The molecule has 1 aliphatic carbocycles. The summed E-state index contributed by atoms with van der Waals surface area (Å²) in [7, 11) is -1.53. The van der Waals surface area contributed by atoms with Crippen LogP contribution in [0.5, 0.6) is 5.75 Å². The molecule has 1 aromatic carbocycles. The van der Waals surface area contributed by atoms with Crippen molar-refractivity contribution in [3.63, 3.8) is 0 Å². The Morgan fingerprint density at radius 2 is 2.13 bits per heavy atom. The first-order valence-corrected chi connectivity index (χ1v) is 9.68. The summed E-state index contributed by atoms with van der Waals surface area (Å²) in [4.78, 5) is 14.2. The van der Waals surface area contributed by atoms with Crippen molar-refractivity contribution >= 4 is 21.8 Å². The highest BCUT2D eigenvalue weighted by atomic mass is 32.2. The highest BCUT2D eigenvalue weighted by Gasteiger charge is 2.35. The minimum Gasteiger partial charge on any atom is -0.497 e. The van der Waals surface area contributed by atoms with Gasteiger partial charge in [0.25, 0.3) is 0 Å². The molecule has 0 spiro atoms. The van der Waals surface area contributed by atoms with Gasteiger partial charge >= 0.3 is 0 Å². The van der Waals surface area contributed by atoms with Gasteiger partial charge in [-0.1, -0.05) is 12.1 Å². The minimum atomic E-state index is -3.12. The van der Waals surface area contributed by atoms with Crippen molar-refractivity contribution < 1.29 is 17.9 Å². The zero-order valence-corrected chi connectivity index (χ0v) is 14.5. The average molecular weight is 337 g/mol. The molecule has 0 bridgehead atoms. The minimum absolute atomic E-state index is 0.0117. The maximum Gasteiger partial charge on any atom is 0.247 e. The van der Waals surface area contributed by atoms with E-state index < -0.39 is 9.84 Å². The summed E-state index contributed by atoms with van der Waals surface area (Å²) < 4.78 is 28.1. The first-order valence-electron chi connectivity index (χ1n) is 7.62. The van der Waals surface area contributed by atoms with E-state index >= 15 is 0 Å². The molecule has 6 heteroatoms. The monoisotopic (exact) mass is 337 g/mol.